The fourth-order valence-electron chi connectivity index (χ4n) is 4.07. The van der Waals surface area contributed by atoms with E-state index in [2.05, 4.69) is 41.4 Å². The van der Waals surface area contributed by atoms with Crippen molar-refractivity contribution in [2.24, 2.45) is 11.8 Å². The molecule has 3 nitrogen and oxygen atoms in total. The molecule has 1 heterocycles. The molecule has 1 aliphatic heterocycles. The lowest BCUT2D eigenvalue weighted by Crippen LogP contribution is -2.36. The van der Waals surface area contributed by atoms with Gasteiger partial charge in [-0.05, 0) is 55.2 Å². The summed E-state index contributed by atoms with van der Waals surface area (Å²) in [6.45, 7) is 5.86. The van der Waals surface area contributed by atoms with Crippen LogP contribution in [0.25, 0.3) is 0 Å². The Labute approximate surface area is 141 Å². The van der Waals surface area contributed by atoms with E-state index in [1.165, 1.54) is 36.9 Å². The van der Waals surface area contributed by atoms with Gasteiger partial charge in [-0.1, -0.05) is 31.9 Å². The van der Waals surface area contributed by atoms with Crippen molar-refractivity contribution in [1.29, 1.82) is 0 Å². The number of aliphatic hydroxyl groups excluding tert-OH is 1. The molecule has 2 N–H and O–H groups in total. The molecule has 0 spiro atoms. The van der Waals surface area contributed by atoms with Gasteiger partial charge in [-0.15, -0.1) is 0 Å². The number of piperidine rings is 1. The summed E-state index contributed by atoms with van der Waals surface area (Å²) in [4.78, 5) is 2.45. The van der Waals surface area contributed by atoms with E-state index < -0.39 is 0 Å². The summed E-state index contributed by atoms with van der Waals surface area (Å²) in [7, 11) is 0. The normalized spacial score (nSPS) is 26.4. The molecule has 3 heteroatoms. The fourth-order valence-corrected chi connectivity index (χ4v) is 4.07. The molecular weight excluding hydrogens is 284 g/mol. The zero-order valence-electron chi connectivity index (χ0n) is 14.5. The molecule has 0 amide bonds. The summed E-state index contributed by atoms with van der Waals surface area (Å²) in [5, 5.41) is 13.0. The summed E-state index contributed by atoms with van der Waals surface area (Å²) >= 11 is 0. The van der Waals surface area contributed by atoms with Crippen LogP contribution in [0, 0.1) is 11.8 Å². The summed E-state index contributed by atoms with van der Waals surface area (Å²) in [6, 6.07) is 9.77. The predicted molar refractivity (Wildman–Crippen MR) is 96.7 cm³/mol. The Bertz CT molecular complexity index is 465. The molecule has 1 aromatic rings. The van der Waals surface area contributed by atoms with Gasteiger partial charge < -0.3 is 15.3 Å². The van der Waals surface area contributed by atoms with Gasteiger partial charge in [0.15, 0.2) is 0 Å². The Balaban J connectivity index is 1.49. The first-order valence-electron chi connectivity index (χ1n) is 9.44. The average molecular weight is 316 g/mol. The highest BCUT2D eigenvalue weighted by Gasteiger charge is 2.21. The smallest absolute Gasteiger partial charge is 0.0460 e. The summed E-state index contributed by atoms with van der Waals surface area (Å²) < 4.78 is 0. The molecule has 2 aliphatic rings. The van der Waals surface area contributed by atoms with Crippen molar-refractivity contribution in [3.8, 4) is 0 Å². The second-order valence-electron chi connectivity index (χ2n) is 7.53. The van der Waals surface area contributed by atoms with E-state index in [0.29, 0.717) is 18.6 Å². The third-order valence-corrected chi connectivity index (χ3v) is 5.85. The van der Waals surface area contributed by atoms with Crippen molar-refractivity contribution >= 4 is 5.69 Å². The van der Waals surface area contributed by atoms with Gasteiger partial charge in [-0.3, -0.25) is 0 Å². The molecule has 1 aliphatic carbocycles. The number of aliphatic hydroxyl groups is 1. The van der Waals surface area contributed by atoms with Crippen LogP contribution in [-0.2, 0) is 6.54 Å². The Morgan fingerprint density at radius 1 is 1.04 bits per heavy atom. The van der Waals surface area contributed by atoms with E-state index in [1.807, 2.05) is 0 Å². The van der Waals surface area contributed by atoms with E-state index in [-0.39, 0.29) is 0 Å². The number of hydrogen-bond donors (Lipinski definition) is 2. The van der Waals surface area contributed by atoms with Crippen molar-refractivity contribution in [3.05, 3.63) is 29.8 Å². The van der Waals surface area contributed by atoms with Crippen LogP contribution in [0.3, 0.4) is 0 Å². The van der Waals surface area contributed by atoms with Gasteiger partial charge in [-0.2, -0.15) is 0 Å². The molecule has 0 bridgehead atoms. The van der Waals surface area contributed by atoms with Crippen LogP contribution in [0.1, 0.15) is 51.0 Å². The quantitative estimate of drug-likeness (QED) is 0.872. The lowest BCUT2D eigenvalue weighted by Gasteiger charge is -2.33. The molecule has 1 saturated carbocycles. The summed E-state index contributed by atoms with van der Waals surface area (Å²) in [5.41, 5.74) is 2.72. The molecule has 1 saturated heterocycles. The van der Waals surface area contributed by atoms with Crippen LogP contribution in [0.4, 0.5) is 5.69 Å². The monoisotopic (exact) mass is 316 g/mol. The van der Waals surface area contributed by atoms with Gasteiger partial charge in [0.05, 0.1) is 0 Å². The predicted octanol–water partition coefficient (Wildman–Crippen LogP) is 3.56. The number of hydrogen-bond acceptors (Lipinski definition) is 3. The van der Waals surface area contributed by atoms with Crippen molar-refractivity contribution in [2.75, 3.05) is 24.6 Å². The first-order valence-corrected chi connectivity index (χ1v) is 9.44. The van der Waals surface area contributed by atoms with E-state index >= 15 is 0 Å². The SMILES string of the molecule is CC1CCCCC1NCc1ccc(N2CCC(CO)CC2)cc1. The van der Waals surface area contributed by atoms with Gasteiger partial charge in [0, 0.05) is 38.0 Å². The van der Waals surface area contributed by atoms with Crippen LogP contribution < -0.4 is 10.2 Å². The van der Waals surface area contributed by atoms with E-state index in [4.69, 9.17) is 0 Å². The average Bonchev–Trinajstić information content (AvgIpc) is 2.62. The topological polar surface area (TPSA) is 35.5 Å². The maximum atomic E-state index is 9.24. The zero-order chi connectivity index (χ0) is 16.1. The molecule has 23 heavy (non-hydrogen) atoms. The molecule has 3 rings (SSSR count). The molecule has 2 unspecified atom stereocenters. The third kappa shape index (κ3) is 4.48. The molecular formula is C20H32N2O. The minimum absolute atomic E-state index is 0.345. The van der Waals surface area contributed by atoms with E-state index in [0.717, 1.165) is 38.4 Å². The summed E-state index contributed by atoms with van der Waals surface area (Å²) in [6.07, 6.45) is 7.71. The Hall–Kier alpha value is -1.06. The van der Waals surface area contributed by atoms with Crippen molar-refractivity contribution in [2.45, 2.75) is 58.0 Å². The van der Waals surface area contributed by atoms with Crippen molar-refractivity contribution in [3.63, 3.8) is 0 Å². The van der Waals surface area contributed by atoms with Crippen LogP contribution in [0.2, 0.25) is 0 Å². The molecule has 2 atom stereocenters. The second kappa shape index (κ2) is 8.16. The highest BCUT2D eigenvalue weighted by molar-refractivity contribution is 5.48. The van der Waals surface area contributed by atoms with Crippen LogP contribution >= 0.6 is 0 Å². The fraction of sp³-hybridized carbons (Fsp3) is 0.700. The largest absolute Gasteiger partial charge is 0.396 e. The molecule has 1 aromatic carbocycles. The van der Waals surface area contributed by atoms with E-state index in [1.54, 1.807) is 0 Å². The first-order chi connectivity index (χ1) is 11.3. The number of nitrogens with one attached hydrogen (secondary N) is 1. The van der Waals surface area contributed by atoms with Crippen LogP contribution in [-0.4, -0.2) is 30.8 Å². The Morgan fingerprint density at radius 2 is 1.74 bits per heavy atom. The maximum absolute atomic E-state index is 9.24. The lowest BCUT2D eigenvalue weighted by atomic mass is 9.86. The standard InChI is InChI=1S/C20H32N2O/c1-16-4-2-3-5-20(16)21-14-17-6-8-19(9-7-17)22-12-10-18(15-23)11-13-22/h6-9,16,18,20-21,23H,2-5,10-15H2,1H3. The van der Waals surface area contributed by atoms with Gasteiger partial charge in [-0.25, -0.2) is 0 Å². The maximum Gasteiger partial charge on any atom is 0.0460 e. The van der Waals surface area contributed by atoms with Gasteiger partial charge in [0.2, 0.25) is 0 Å². The van der Waals surface area contributed by atoms with Crippen molar-refractivity contribution < 1.29 is 5.11 Å². The minimum atomic E-state index is 0.345. The zero-order valence-corrected chi connectivity index (χ0v) is 14.5. The number of rotatable bonds is 5. The summed E-state index contributed by atoms with van der Waals surface area (Å²) in [5.74, 6) is 1.32. The Morgan fingerprint density at radius 3 is 2.39 bits per heavy atom. The highest BCUT2D eigenvalue weighted by atomic mass is 16.3. The number of benzene rings is 1. The number of anilines is 1. The highest BCUT2D eigenvalue weighted by Crippen LogP contribution is 2.25. The van der Waals surface area contributed by atoms with Gasteiger partial charge >= 0.3 is 0 Å². The van der Waals surface area contributed by atoms with Crippen LogP contribution in [0.5, 0.6) is 0 Å². The van der Waals surface area contributed by atoms with Gasteiger partial charge in [0.25, 0.3) is 0 Å². The molecule has 0 aromatic heterocycles. The van der Waals surface area contributed by atoms with Crippen LogP contribution in [0.15, 0.2) is 24.3 Å². The minimum Gasteiger partial charge on any atom is -0.396 e. The third-order valence-electron chi connectivity index (χ3n) is 5.85. The number of nitrogens with zero attached hydrogens (tertiary/aromatic N) is 1. The van der Waals surface area contributed by atoms with Gasteiger partial charge in [0.1, 0.15) is 0 Å². The first kappa shape index (κ1) is 16.8. The molecule has 0 radical (unpaired) electrons. The Kier molecular flexibility index (Phi) is 5.96. The molecule has 128 valence electrons. The van der Waals surface area contributed by atoms with E-state index in [9.17, 15) is 5.11 Å². The molecule has 2 fully saturated rings. The lowest BCUT2D eigenvalue weighted by molar-refractivity contribution is 0.203. The van der Waals surface area contributed by atoms with Crippen molar-refractivity contribution in [1.82, 2.24) is 5.32 Å². The second-order valence-corrected chi connectivity index (χ2v) is 7.53.